The summed E-state index contributed by atoms with van der Waals surface area (Å²) in [5.74, 6) is 0.271. The molecule has 3 aromatic rings. The maximum absolute atomic E-state index is 11.8. The van der Waals surface area contributed by atoms with Crippen LogP contribution in [0.25, 0.3) is 10.9 Å². The molecule has 25 heavy (non-hydrogen) atoms. The van der Waals surface area contributed by atoms with Gasteiger partial charge in [-0.3, -0.25) is 4.79 Å². The zero-order valence-electron chi connectivity index (χ0n) is 13.6. The molecule has 0 spiro atoms. The number of hydrogen-bond donors (Lipinski definition) is 1. The highest BCUT2D eigenvalue weighted by molar-refractivity contribution is 6.32. The van der Waals surface area contributed by atoms with Crippen LogP contribution in [0.1, 0.15) is 11.1 Å². The second-order valence-corrected chi connectivity index (χ2v) is 5.81. The first-order valence-corrected chi connectivity index (χ1v) is 8.06. The number of carbonyl (C=O) groups excluding carboxylic acids is 1. The summed E-state index contributed by atoms with van der Waals surface area (Å²) in [7, 11) is 0. The number of nitrogens with one attached hydrogen (secondary N) is 1. The normalized spacial score (nSPS) is 11.0. The minimum Gasteiger partial charge on any atom is -0.484 e. The number of nitrogens with zero attached hydrogens (tertiary/aromatic N) is 2. The van der Waals surface area contributed by atoms with Crippen LogP contribution in [0.2, 0.25) is 5.15 Å². The number of benzene rings is 2. The molecule has 3 rings (SSSR count). The van der Waals surface area contributed by atoms with Crippen LogP contribution in [-0.4, -0.2) is 23.7 Å². The van der Waals surface area contributed by atoms with Gasteiger partial charge in [0.25, 0.3) is 5.91 Å². The van der Waals surface area contributed by atoms with Gasteiger partial charge in [-0.25, -0.2) is 10.4 Å². The summed E-state index contributed by atoms with van der Waals surface area (Å²) in [6.45, 7) is 1.86. The van der Waals surface area contributed by atoms with Crippen LogP contribution in [0.3, 0.4) is 0 Å². The van der Waals surface area contributed by atoms with Gasteiger partial charge in [0.15, 0.2) is 6.61 Å². The third-order valence-corrected chi connectivity index (χ3v) is 3.79. The van der Waals surface area contributed by atoms with Crippen molar-refractivity contribution in [3.8, 4) is 5.75 Å². The molecule has 0 bridgehead atoms. The smallest absolute Gasteiger partial charge is 0.277 e. The monoisotopic (exact) mass is 353 g/mol. The van der Waals surface area contributed by atoms with Crippen molar-refractivity contribution in [3.63, 3.8) is 0 Å². The predicted octanol–water partition coefficient (Wildman–Crippen LogP) is 3.73. The highest BCUT2D eigenvalue weighted by Gasteiger charge is 2.04. The SMILES string of the molecule is Cc1ccc(OCC(=O)NN=Cc2cc3ccccc3nc2Cl)cc1. The molecular weight excluding hydrogens is 338 g/mol. The van der Waals surface area contributed by atoms with Crippen molar-refractivity contribution in [1.82, 2.24) is 10.4 Å². The van der Waals surface area contributed by atoms with Crippen LogP contribution in [0.5, 0.6) is 5.75 Å². The molecule has 0 aliphatic rings. The number of ether oxygens (including phenoxy) is 1. The summed E-state index contributed by atoms with van der Waals surface area (Å²) in [4.78, 5) is 16.1. The number of hydrogen-bond acceptors (Lipinski definition) is 4. The molecule has 0 atom stereocenters. The number of aryl methyl sites for hydroxylation is 1. The number of carbonyl (C=O) groups is 1. The molecule has 0 aliphatic heterocycles. The Morgan fingerprint density at radius 2 is 2.00 bits per heavy atom. The minimum absolute atomic E-state index is 0.121. The van der Waals surface area contributed by atoms with E-state index in [1.165, 1.54) is 6.21 Å². The highest BCUT2D eigenvalue weighted by atomic mass is 35.5. The van der Waals surface area contributed by atoms with Gasteiger partial charge in [0.2, 0.25) is 0 Å². The molecule has 0 unspecified atom stereocenters. The predicted molar refractivity (Wildman–Crippen MR) is 99.2 cm³/mol. The van der Waals surface area contributed by atoms with Crippen molar-refractivity contribution in [2.75, 3.05) is 6.61 Å². The molecule has 1 amide bonds. The van der Waals surface area contributed by atoms with Crippen LogP contribution in [0.4, 0.5) is 0 Å². The van der Waals surface area contributed by atoms with Crippen LogP contribution in [-0.2, 0) is 4.79 Å². The van der Waals surface area contributed by atoms with Crippen molar-refractivity contribution in [1.29, 1.82) is 0 Å². The summed E-state index contributed by atoms with van der Waals surface area (Å²) in [5.41, 5.74) is 4.97. The second kappa shape index (κ2) is 7.77. The van der Waals surface area contributed by atoms with Gasteiger partial charge in [0.1, 0.15) is 10.9 Å². The lowest BCUT2D eigenvalue weighted by Gasteiger charge is -2.05. The first-order chi connectivity index (χ1) is 12.1. The van der Waals surface area contributed by atoms with Gasteiger partial charge in [0, 0.05) is 10.9 Å². The molecule has 1 N–H and O–H groups in total. The number of fused-ring (bicyclic) bond motifs is 1. The molecule has 0 saturated heterocycles. The number of rotatable bonds is 5. The molecular formula is C19H16ClN3O2. The lowest BCUT2D eigenvalue weighted by atomic mass is 10.2. The largest absolute Gasteiger partial charge is 0.484 e. The molecule has 126 valence electrons. The Morgan fingerprint density at radius 1 is 1.24 bits per heavy atom. The van der Waals surface area contributed by atoms with E-state index in [1.807, 2.05) is 61.5 Å². The summed E-state index contributed by atoms with van der Waals surface area (Å²) in [6.07, 6.45) is 1.46. The Hall–Kier alpha value is -2.92. The maximum atomic E-state index is 11.8. The Balaban J connectivity index is 1.58. The van der Waals surface area contributed by atoms with Crippen molar-refractivity contribution >= 4 is 34.6 Å². The van der Waals surface area contributed by atoms with E-state index in [1.54, 1.807) is 0 Å². The second-order valence-electron chi connectivity index (χ2n) is 5.46. The van der Waals surface area contributed by atoms with E-state index in [9.17, 15) is 4.79 Å². The number of para-hydroxylation sites is 1. The molecule has 0 fully saturated rings. The summed E-state index contributed by atoms with van der Waals surface area (Å²) >= 11 is 6.13. The van der Waals surface area contributed by atoms with Crippen LogP contribution in [0, 0.1) is 6.92 Å². The first-order valence-electron chi connectivity index (χ1n) is 7.68. The Morgan fingerprint density at radius 3 is 2.80 bits per heavy atom. The summed E-state index contributed by atoms with van der Waals surface area (Å²) in [6, 6.07) is 17.0. The molecule has 0 saturated carbocycles. The van der Waals surface area contributed by atoms with Crippen molar-refractivity contribution in [3.05, 3.63) is 70.9 Å². The Kier molecular flexibility index (Phi) is 5.26. The molecule has 0 aliphatic carbocycles. The molecule has 1 aromatic heterocycles. The van der Waals surface area contributed by atoms with E-state index >= 15 is 0 Å². The third kappa shape index (κ3) is 4.55. The number of amides is 1. The standard InChI is InChI=1S/C19H16ClN3O2/c1-13-6-8-16(9-7-13)25-12-18(24)23-21-11-15-10-14-4-2-3-5-17(14)22-19(15)20/h2-11H,12H2,1H3,(H,23,24). The average molecular weight is 354 g/mol. The van der Waals surface area contributed by atoms with E-state index in [4.69, 9.17) is 16.3 Å². The Labute approximate surface area is 150 Å². The maximum Gasteiger partial charge on any atom is 0.277 e. The van der Waals surface area contributed by atoms with Crippen LogP contribution in [0.15, 0.2) is 59.7 Å². The van der Waals surface area contributed by atoms with Gasteiger partial charge in [0.05, 0.1) is 11.7 Å². The van der Waals surface area contributed by atoms with E-state index in [-0.39, 0.29) is 12.5 Å². The van der Waals surface area contributed by atoms with Crippen molar-refractivity contribution in [2.24, 2.45) is 5.10 Å². The van der Waals surface area contributed by atoms with Gasteiger partial charge < -0.3 is 4.74 Å². The van der Waals surface area contributed by atoms with Gasteiger partial charge in [-0.15, -0.1) is 0 Å². The molecule has 1 heterocycles. The van der Waals surface area contributed by atoms with Crippen molar-refractivity contribution < 1.29 is 9.53 Å². The fourth-order valence-corrected chi connectivity index (χ4v) is 2.38. The van der Waals surface area contributed by atoms with Crippen LogP contribution >= 0.6 is 11.6 Å². The lowest BCUT2D eigenvalue weighted by molar-refractivity contribution is -0.123. The molecule has 2 aromatic carbocycles. The van der Waals surface area contributed by atoms with Crippen LogP contribution < -0.4 is 10.2 Å². The van der Waals surface area contributed by atoms with E-state index < -0.39 is 0 Å². The molecule has 5 nitrogen and oxygen atoms in total. The fourth-order valence-electron chi connectivity index (χ4n) is 2.19. The first kappa shape index (κ1) is 16.9. The highest BCUT2D eigenvalue weighted by Crippen LogP contribution is 2.18. The quantitative estimate of drug-likeness (QED) is 0.432. The summed E-state index contributed by atoms with van der Waals surface area (Å²) in [5, 5.41) is 5.18. The van der Waals surface area contributed by atoms with E-state index in [0.717, 1.165) is 16.5 Å². The van der Waals surface area contributed by atoms with Gasteiger partial charge in [-0.05, 0) is 31.2 Å². The lowest BCUT2D eigenvalue weighted by Crippen LogP contribution is -2.24. The van der Waals surface area contributed by atoms with E-state index in [0.29, 0.717) is 16.5 Å². The van der Waals surface area contributed by atoms with Crippen molar-refractivity contribution in [2.45, 2.75) is 6.92 Å². The minimum atomic E-state index is -0.360. The number of pyridine rings is 1. The zero-order chi connectivity index (χ0) is 17.6. The van der Waals surface area contributed by atoms with Gasteiger partial charge >= 0.3 is 0 Å². The topological polar surface area (TPSA) is 63.6 Å². The fraction of sp³-hybridized carbons (Fsp3) is 0.105. The van der Waals surface area contributed by atoms with Gasteiger partial charge in [-0.1, -0.05) is 47.5 Å². The zero-order valence-corrected chi connectivity index (χ0v) is 14.3. The number of hydrazone groups is 1. The Bertz CT molecular complexity index is 924. The average Bonchev–Trinajstić information content (AvgIpc) is 2.61. The molecule has 6 heteroatoms. The van der Waals surface area contributed by atoms with E-state index in [2.05, 4.69) is 15.5 Å². The summed E-state index contributed by atoms with van der Waals surface area (Å²) < 4.78 is 5.38. The molecule has 0 radical (unpaired) electrons. The number of aromatic nitrogens is 1. The van der Waals surface area contributed by atoms with Gasteiger partial charge in [-0.2, -0.15) is 5.10 Å². The number of halogens is 1. The third-order valence-electron chi connectivity index (χ3n) is 3.49.